The van der Waals surface area contributed by atoms with Crippen molar-refractivity contribution in [3.63, 3.8) is 0 Å². The van der Waals surface area contributed by atoms with Crippen LogP contribution in [0.5, 0.6) is 0 Å². The summed E-state index contributed by atoms with van der Waals surface area (Å²) in [4.78, 5) is 1.41. The zero-order chi connectivity index (χ0) is 18.9. The number of benzene rings is 1. The van der Waals surface area contributed by atoms with Crippen molar-refractivity contribution in [3.8, 4) is 6.07 Å². The maximum atomic E-state index is 13.3. The highest BCUT2D eigenvalue weighted by Gasteiger charge is 2.43. The fourth-order valence-electron chi connectivity index (χ4n) is 3.17. The molecule has 3 unspecified atom stereocenters. The molecule has 2 fully saturated rings. The smallest absolute Gasteiger partial charge is 0.261 e. The number of nitrogens with zero attached hydrogens (tertiary/aromatic N) is 2. The average Bonchev–Trinajstić information content (AvgIpc) is 3.11. The van der Waals surface area contributed by atoms with Gasteiger partial charge in [0.05, 0.1) is 47.9 Å². The van der Waals surface area contributed by atoms with E-state index >= 15 is 0 Å². The Morgan fingerprint density at radius 3 is 2.88 bits per heavy atom. The third-order valence-corrected chi connectivity index (χ3v) is 6.04. The third kappa shape index (κ3) is 4.19. The lowest BCUT2D eigenvalue weighted by Gasteiger charge is -2.23. The van der Waals surface area contributed by atoms with Gasteiger partial charge in [-0.3, -0.25) is 4.90 Å². The maximum absolute atomic E-state index is 13.3. The number of aliphatic hydroxyl groups is 1. The average molecular weight is 387 g/mol. The minimum absolute atomic E-state index is 0.0623. The lowest BCUT2D eigenvalue weighted by molar-refractivity contribution is -0.00722. The summed E-state index contributed by atoms with van der Waals surface area (Å²) in [6, 6.07) is 6.48. The molecule has 2 heterocycles. The van der Waals surface area contributed by atoms with Crippen LogP contribution in [0.15, 0.2) is 29.2 Å². The third-order valence-electron chi connectivity index (χ3n) is 4.55. The molecule has 0 spiro atoms. The zero-order valence-electron chi connectivity index (χ0n) is 13.8. The van der Waals surface area contributed by atoms with E-state index in [2.05, 4.69) is 4.72 Å². The van der Waals surface area contributed by atoms with Crippen molar-refractivity contribution in [2.45, 2.75) is 35.5 Å². The highest BCUT2D eigenvalue weighted by Crippen LogP contribution is 2.28. The van der Waals surface area contributed by atoms with E-state index in [9.17, 15) is 22.3 Å². The molecule has 0 aromatic heterocycles. The highest BCUT2D eigenvalue weighted by atomic mass is 32.2. The van der Waals surface area contributed by atoms with Gasteiger partial charge in [-0.1, -0.05) is 6.07 Å². The van der Waals surface area contributed by atoms with Crippen LogP contribution in [-0.4, -0.2) is 68.8 Å². The summed E-state index contributed by atoms with van der Waals surface area (Å²) in [5, 5.41) is 19.2. The topological polar surface area (TPSA) is 103 Å². The Hall–Kier alpha value is -1.64. The van der Waals surface area contributed by atoms with Crippen molar-refractivity contribution >= 4 is 10.0 Å². The van der Waals surface area contributed by atoms with Gasteiger partial charge >= 0.3 is 0 Å². The molecule has 0 amide bonds. The predicted molar refractivity (Wildman–Crippen MR) is 87.0 cm³/mol. The van der Waals surface area contributed by atoms with E-state index in [1.165, 1.54) is 29.2 Å². The fourth-order valence-corrected chi connectivity index (χ4v) is 4.45. The number of halogens is 2. The van der Waals surface area contributed by atoms with Gasteiger partial charge in [-0.15, -0.1) is 0 Å². The number of nitriles is 1. The Labute approximate surface area is 150 Å². The Morgan fingerprint density at radius 1 is 1.46 bits per heavy atom. The van der Waals surface area contributed by atoms with Gasteiger partial charge in [-0.2, -0.15) is 5.26 Å². The van der Waals surface area contributed by atoms with Crippen molar-refractivity contribution in [2.24, 2.45) is 0 Å². The van der Waals surface area contributed by atoms with Crippen LogP contribution in [0.4, 0.5) is 8.78 Å². The van der Waals surface area contributed by atoms with Gasteiger partial charge in [0.15, 0.2) is 0 Å². The van der Waals surface area contributed by atoms with E-state index < -0.39 is 40.7 Å². The Bertz CT molecular complexity index is 812. The molecule has 7 nitrogen and oxygen atoms in total. The van der Waals surface area contributed by atoms with E-state index in [4.69, 9.17) is 10.00 Å². The van der Waals surface area contributed by atoms with E-state index in [1.807, 2.05) is 6.07 Å². The first-order valence-corrected chi connectivity index (χ1v) is 9.61. The number of hydrogen-bond donors (Lipinski definition) is 2. The maximum Gasteiger partial charge on any atom is 0.261 e. The van der Waals surface area contributed by atoms with E-state index in [0.29, 0.717) is 0 Å². The zero-order valence-corrected chi connectivity index (χ0v) is 14.6. The van der Waals surface area contributed by atoms with Crippen molar-refractivity contribution in [1.29, 1.82) is 5.26 Å². The number of likely N-dealkylation sites (tertiary alicyclic amines) is 1. The summed E-state index contributed by atoms with van der Waals surface area (Å²) in [5.74, 6) is -2.74. The highest BCUT2D eigenvalue weighted by molar-refractivity contribution is 7.89. The number of hydrogen-bond acceptors (Lipinski definition) is 6. The second-order valence-electron chi connectivity index (χ2n) is 6.57. The molecular weight excluding hydrogens is 368 g/mol. The molecule has 26 heavy (non-hydrogen) atoms. The van der Waals surface area contributed by atoms with Gasteiger partial charge in [0.25, 0.3) is 5.92 Å². The molecule has 2 aliphatic heterocycles. The first-order chi connectivity index (χ1) is 12.2. The van der Waals surface area contributed by atoms with Crippen LogP contribution in [0.2, 0.25) is 0 Å². The number of alkyl halides is 2. The molecule has 2 saturated heterocycles. The lowest BCUT2D eigenvalue weighted by atomic mass is 10.1. The van der Waals surface area contributed by atoms with Crippen molar-refractivity contribution in [3.05, 3.63) is 29.8 Å². The van der Waals surface area contributed by atoms with Crippen LogP contribution in [0, 0.1) is 11.3 Å². The summed E-state index contributed by atoms with van der Waals surface area (Å²) in [5.41, 5.74) is 0.198. The normalized spacial score (nSPS) is 28.9. The first-order valence-electron chi connectivity index (χ1n) is 8.12. The standard InChI is InChI=1S/C16H19F2N3O4S/c17-16(18)4-5-21(10-16)8-14-15(22)13(9-25-14)20-26(23,24)12-3-1-2-11(6-12)7-19/h1-3,6,13-15,20,22H,4-5,8-10H2. The second kappa shape index (κ2) is 7.17. The second-order valence-corrected chi connectivity index (χ2v) is 8.28. The SMILES string of the molecule is N#Cc1cccc(S(=O)(=O)NC2COC(CN3CCC(F)(F)C3)C2O)c1. The molecule has 0 radical (unpaired) electrons. The first kappa shape index (κ1) is 19.1. The minimum atomic E-state index is -3.95. The molecule has 3 rings (SSSR count). The number of aliphatic hydroxyl groups excluding tert-OH is 1. The molecule has 2 N–H and O–H groups in total. The molecule has 0 saturated carbocycles. The van der Waals surface area contributed by atoms with Gasteiger partial charge < -0.3 is 9.84 Å². The molecule has 10 heteroatoms. The van der Waals surface area contributed by atoms with Crippen molar-refractivity contribution in [1.82, 2.24) is 9.62 Å². The summed E-state index contributed by atoms with van der Waals surface area (Å²) in [6.07, 6.45) is -2.14. The van der Waals surface area contributed by atoms with Crippen LogP contribution in [-0.2, 0) is 14.8 Å². The molecule has 0 aliphatic carbocycles. The predicted octanol–water partition coefficient (Wildman–Crippen LogP) is 0.306. The van der Waals surface area contributed by atoms with E-state index in [0.717, 1.165) is 0 Å². The summed E-state index contributed by atoms with van der Waals surface area (Å²) >= 11 is 0. The monoisotopic (exact) mass is 387 g/mol. The number of rotatable bonds is 5. The number of nitrogens with one attached hydrogen (secondary N) is 1. The van der Waals surface area contributed by atoms with E-state index in [1.54, 1.807) is 0 Å². The number of ether oxygens (including phenoxy) is 1. The number of sulfonamides is 1. The lowest BCUT2D eigenvalue weighted by Crippen LogP contribution is -2.46. The fraction of sp³-hybridized carbons (Fsp3) is 0.562. The quantitative estimate of drug-likeness (QED) is 0.754. The molecule has 3 atom stereocenters. The van der Waals surface area contributed by atoms with Gasteiger partial charge in [0.1, 0.15) is 0 Å². The summed E-state index contributed by atoms with van der Waals surface area (Å²) < 4.78 is 59.2. The molecular formula is C16H19F2N3O4S. The van der Waals surface area contributed by atoms with Crippen LogP contribution >= 0.6 is 0 Å². The molecule has 0 bridgehead atoms. The minimum Gasteiger partial charge on any atom is -0.389 e. The molecule has 1 aromatic rings. The van der Waals surface area contributed by atoms with Gasteiger partial charge in [0.2, 0.25) is 10.0 Å². The Kier molecular flexibility index (Phi) is 5.28. The molecule has 1 aromatic carbocycles. The van der Waals surface area contributed by atoms with Crippen molar-refractivity contribution in [2.75, 3.05) is 26.2 Å². The van der Waals surface area contributed by atoms with Gasteiger partial charge in [0, 0.05) is 19.5 Å². The Morgan fingerprint density at radius 2 is 2.23 bits per heavy atom. The molecule has 2 aliphatic rings. The van der Waals surface area contributed by atoms with Crippen LogP contribution in [0.3, 0.4) is 0 Å². The summed E-state index contributed by atoms with van der Waals surface area (Å²) in [6.45, 7) is -0.139. The Balaban J connectivity index is 1.63. The van der Waals surface area contributed by atoms with Gasteiger partial charge in [-0.05, 0) is 18.2 Å². The van der Waals surface area contributed by atoms with Crippen LogP contribution in [0.1, 0.15) is 12.0 Å². The summed E-state index contributed by atoms with van der Waals surface area (Å²) in [7, 11) is -3.95. The van der Waals surface area contributed by atoms with Gasteiger partial charge in [-0.25, -0.2) is 21.9 Å². The largest absolute Gasteiger partial charge is 0.389 e. The van der Waals surface area contributed by atoms with Crippen molar-refractivity contribution < 1.29 is 27.0 Å². The van der Waals surface area contributed by atoms with E-state index in [-0.39, 0.29) is 36.6 Å². The molecule has 142 valence electrons. The van der Waals surface area contributed by atoms with Crippen LogP contribution in [0.25, 0.3) is 0 Å². The van der Waals surface area contributed by atoms with Crippen LogP contribution < -0.4 is 4.72 Å².